The maximum absolute atomic E-state index is 5.06. The molecule has 2 heterocycles. The van der Waals surface area contributed by atoms with Crippen LogP contribution in [0, 0.1) is 6.33 Å². The molecule has 0 aliphatic carbocycles. The van der Waals surface area contributed by atoms with Crippen LogP contribution in [0.3, 0.4) is 0 Å². The number of nitrogens with zero attached hydrogens (tertiary/aromatic N) is 5. The summed E-state index contributed by atoms with van der Waals surface area (Å²) in [6.45, 7) is 0.360. The molecule has 0 aliphatic heterocycles. The fourth-order valence-corrected chi connectivity index (χ4v) is 1.15. The van der Waals surface area contributed by atoms with Crippen LogP contribution < -0.4 is 4.84 Å². The maximum atomic E-state index is 5.06. The van der Waals surface area contributed by atoms with E-state index in [1.165, 1.54) is 11.3 Å². The third kappa shape index (κ3) is 1.56. The van der Waals surface area contributed by atoms with Crippen molar-refractivity contribution < 1.29 is 4.84 Å². The van der Waals surface area contributed by atoms with E-state index in [-0.39, 0.29) is 0 Å². The van der Waals surface area contributed by atoms with Crippen LogP contribution in [0.15, 0.2) is 11.6 Å². The Morgan fingerprint density at radius 3 is 3.33 bits per heavy atom. The molecular weight excluding hydrogens is 178 g/mol. The third-order valence-corrected chi connectivity index (χ3v) is 1.84. The molecule has 0 bridgehead atoms. The van der Waals surface area contributed by atoms with Gasteiger partial charge >= 0.3 is 0 Å². The molecule has 0 fully saturated rings. The molecule has 0 saturated heterocycles. The van der Waals surface area contributed by atoms with Crippen molar-refractivity contribution in [1.29, 1.82) is 0 Å². The molecule has 0 saturated carbocycles. The lowest BCUT2D eigenvalue weighted by Gasteiger charge is -1.97. The summed E-state index contributed by atoms with van der Waals surface area (Å²) in [5.74, 6) is 0. The van der Waals surface area contributed by atoms with Crippen LogP contribution in [-0.4, -0.2) is 25.4 Å². The number of thiazole rings is 1. The number of hydrogen-bond donors (Lipinski definition) is 0. The van der Waals surface area contributed by atoms with E-state index >= 15 is 0 Å². The van der Waals surface area contributed by atoms with Gasteiger partial charge in [0, 0.05) is 11.6 Å². The van der Waals surface area contributed by atoms with Gasteiger partial charge in [0.1, 0.15) is 5.01 Å². The van der Waals surface area contributed by atoms with Crippen LogP contribution in [0.2, 0.25) is 0 Å². The molecule has 0 aliphatic rings. The average molecular weight is 182 g/mol. The van der Waals surface area contributed by atoms with Crippen LogP contribution in [0.1, 0.15) is 5.01 Å². The molecule has 12 heavy (non-hydrogen) atoms. The number of tetrazole rings is 1. The minimum atomic E-state index is 0.360. The molecule has 2 aromatic rings. The lowest BCUT2D eigenvalue weighted by molar-refractivity contribution is 0.0640. The maximum Gasteiger partial charge on any atom is 0.264 e. The second-order valence-electron chi connectivity index (χ2n) is 1.85. The first-order valence-corrected chi connectivity index (χ1v) is 4.01. The average Bonchev–Trinajstić information content (AvgIpc) is 2.74. The minimum Gasteiger partial charge on any atom is -0.386 e. The van der Waals surface area contributed by atoms with E-state index in [0.717, 1.165) is 9.85 Å². The highest BCUT2D eigenvalue weighted by Crippen LogP contribution is 2.02. The normalized spacial score (nSPS) is 10.0. The predicted octanol–water partition coefficient (Wildman–Crippen LogP) is -0.441. The summed E-state index contributed by atoms with van der Waals surface area (Å²) in [5, 5.41) is 12.9. The zero-order valence-electron chi connectivity index (χ0n) is 5.91. The molecule has 2 aromatic heterocycles. The Kier molecular flexibility index (Phi) is 1.95. The van der Waals surface area contributed by atoms with Gasteiger partial charge in [-0.25, -0.2) is 4.98 Å². The zero-order valence-corrected chi connectivity index (χ0v) is 6.73. The quantitative estimate of drug-likeness (QED) is 0.643. The van der Waals surface area contributed by atoms with Gasteiger partial charge in [-0.1, -0.05) is 4.85 Å². The Morgan fingerprint density at radius 2 is 2.67 bits per heavy atom. The molecule has 0 aromatic carbocycles. The fraction of sp³-hybridized carbons (Fsp3) is 0.200. The Labute approximate surface area is 71.8 Å². The summed E-state index contributed by atoms with van der Waals surface area (Å²) in [6.07, 6.45) is 4.11. The predicted molar refractivity (Wildman–Crippen MR) is 39.1 cm³/mol. The van der Waals surface area contributed by atoms with Crippen LogP contribution in [0.25, 0.3) is 0 Å². The van der Waals surface area contributed by atoms with E-state index in [1.807, 2.05) is 5.38 Å². The lowest BCUT2D eigenvalue weighted by Crippen LogP contribution is -2.11. The van der Waals surface area contributed by atoms with Crippen molar-refractivity contribution in [3.63, 3.8) is 0 Å². The number of hydrogen-bond acceptors (Lipinski definition) is 6. The number of aromatic nitrogens is 5. The molecule has 2 rings (SSSR count). The smallest absolute Gasteiger partial charge is 0.264 e. The molecule has 0 atom stereocenters. The summed E-state index contributed by atoms with van der Waals surface area (Å²) in [7, 11) is 0. The highest BCUT2D eigenvalue weighted by atomic mass is 32.1. The summed E-state index contributed by atoms with van der Waals surface area (Å²) >= 11 is 1.51. The fourth-order valence-electron chi connectivity index (χ4n) is 0.630. The van der Waals surface area contributed by atoms with Crippen molar-refractivity contribution >= 4 is 11.3 Å². The Hall–Kier alpha value is -1.50. The van der Waals surface area contributed by atoms with Crippen LogP contribution in [0.4, 0.5) is 0 Å². The molecule has 61 valence electrons. The summed E-state index contributed by atoms with van der Waals surface area (Å²) in [5.41, 5.74) is 0. The van der Waals surface area contributed by atoms with E-state index in [9.17, 15) is 0 Å². The SMILES string of the molecule is [c]1nnnn1OCc1nccs1. The van der Waals surface area contributed by atoms with Crippen molar-refractivity contribution in [2.45, 2.75) is 6.61 Å². The second kappa shape index (κ2) is 3.26. The standard InChI is InChI=1S/C5H4N5OS/c1-2-12-5(6-1)3-11-10-4-7-8-9-10/h1-2H,3H2. The van der Waals surface area contributed by atoms with Gasteiger partial charge in [-0.15, -0.1) is 16.4 Å². The molecule has 7 heteroatoms. The van der Waals surface area contributed by atoms with Crippen molar-refractivity contribution in [3.05, 3.63) is 22.9 Å². The molecule has 0 amide bonds. The Balaban J connectivity index is 1.91. The summed E-state index contributed by atoms with van der Waals surface area (Å²) in [4.78, 5) is 10.1. The van der Waals surface area contributed by atoms with Gasteiger partial charge in [0.2, 0.25) is 0 Å². The largest absolute Gasteiger partial charge is 0.386 e. The highest BCUT2D eigenvalue weighted by molar-refractivity contribution is 7.09. The molecule has 0 spiro atoms. The van der Waals surface area contributed by atoms with E-state index < -0.39 is 0 Å². The van der Waals surface area contributed by atoms with E-state index in [4.69, 9.17) is 4.84 Å². The van der Waals surface area contributed by atoms with Gasteiger partial charge in [0.15, 0.2) is 6.61 Å². The molecule has 1 radical (unpaired) electrons. The monoisotopic (exact) mass is 182 g/mol. The first kappa shape index (κ1) is 7.17. The van der Waals surface area contributed by atoms with Gasteiger partial charge in [-0.05, 0) is 10.4 Å². The van der Waals surface area contributed by atoms with Crippen LogP contribution >= 0.6 is 11.3 Å². The number of rotatable bonds is 3. The van der Waals surface area contributed by atoms with Gasteiger partial charge < -0.3 is 4.84 Å². The second-order valence-corrected chi connectivity index (χ2v) is 2.83. The van der Waals surface area contributed by atoms with Crippen LogP contribution in [0.5, 0.6) is 0 Å². The lowest BCUT2D eigenvalue weighted by atomic mass is 10.8. The van der Waals surface area contributed by atoms with E-state index in [0.29, 0.717) is 6.61 Å². The van der Waals surface area contributed by atoms with Crippen LogP contribution in [-0.2, 0) is 6.61 Å². The van der Waals surface area contributed by atoms with Crippen molar-refractivity contribution in [1.82, 2.24) is 25.4 Å². The summed E-state index contributed by atoms with van der Waals surface area (Å²) in [6, 6.07) is 0. The Morgan fingerprint density at radius 1 is 1.67 bits per heavy atom. The van der Waals surface area contributed by atoms with Crippen molar-refractivity contribution in [2.75, 3.05) is 0 Å². The molecule has 0 unspecified atom stereocenters. The van der Waals surface area contributed by atoms with Crippen molar-refractivity contribution in [3.8, 4) is 0 Å². The van der Waals surface area contributed by atoms with Gasteiger partial charge in [0.05, 0.1) is 0 Å². The molecule has 0 N–H and O–H groups in total. The first-order valence-electron chi connectivity index (χ1n) is 3.13. The topological polar surface area (TPSA) is 65.7 Å². The van der Waals surface area contributed by atoms with Gasteiger partial charge in [-0.2, -0.15) is 0 Å². The van der Waals surface area contributed by atoms with E-state index in [1.54, 1.807) is 6.20 Å². The van der Waals surface area contributed by atoms with Gasteiger partial charge in [-0.3, -0.25) is 0 Å². The molecule has 6 nitrogen and oxygen atoms in total. The highest BCUT2D eigenvalue weighted by Gasteiger charge is 1.97. The third-order valence-electron chi connectivity index (χ3n) is 1.09. The first-order chi connectivity index (χ1) is 5.95. The Bertz CT molecular complexity index is 283. The minimum absolute atomic E-state index is 0.360. The summed E-state index contributed by atoms with van der Waals surface area (Å²) < 4.78 is 0. The zero-order chi connectivity index (χ0) is 8.23. The molecular formula is C5H4N5OS. The van der Waals surface area contributed by atoms with Gasteiger partial charge in [0.25, 0.3) is 6.33 Å². The van der Waals surface area contributed by atoms with E-state index in [2.05, 4.69) is 26.8 Å². The van der Waals surface area contributed by atoms with Crippen molar-refractivity contribution in [2.24, 2.45) is 0 Å².